The number of halogens is 1. The molecule has 0 saturated carbocycles. The third kappa shape index (κ3) is 2.33. The molecule has 1 aromatic carbocycles. The molecule has 1 rings (SSSR count). The molecule has 0 unspecified atom stereocenters. The van der Waals surface area contributed by atoms with Crippen LogP contribution in [-0.4, -0.2) is 29.4 Å². The van der Waals surface area contributed by atoms with Crippen LogP contribution in [0.5, 0.6) is 0 Å². The van der Waals surface area contributed by atoms with Crippen LogP contribution in [-0.2, 0) is 6.61 Å². The van der Waals surface area contributed by atoms with Crippen LogP contribution in [0.25, 0.3) is 0 Å². The highest BCUT2D eigenvalue weighted by atomic mass is 19.1. The van der Waals surface area contributed by atoms with Gasteiger partial charge in [-0.1, -0.05) is 6.07 Å². The summed E-state index contributed by atoms with van der Waals surface area (Å²) in [6, 6.07) is 4.63. The average molecular weight is 227 g/mol. The van der Waals surface area contributed by atoms with E-state index in [1.54, 1.807) is 24.1 Å². The largest absolute Gasteiger partial charge is 0.394 e. The molecule has 0 spiro atoms. The van der Waals surface area contributed by atoms with Crippen LogP contribution in [0.1, 0.15) is 19.4 Å². The van der Waals surface area contributed by atoms with Gasteiger partial charge in [-0.05, 0) is 26.0 Å². The summed E-state index contributed by atoms with van der Waals surface area (Å²) in [4.78, 5) is 1.77. The molecule has 0 atom stereocenters. The fourth-order valence-electron chi connectivity index (χ4n) is 1.45. The predicted octanol–water partition coefficient (Wildman–Crippen LogP) is 1.53. The molecule has 1 aromatic rings. The van der Waals surface area contributed by atoms with Gasteiger partial charge in [0.1, 0.15) is 5.82 Å². The molecule has 0 amide bonds. The van der Waals surface area contributed by atoms with Gasteiger partial charge in [0, 0.05) is 18.3 Å². The number of hydrogen-bond donors (Lipinski definition) is 2. The first-order valence-corrected chi connectivity index (χ1v) is 5.17. The average Bonchev–Trinajstić information content (AvgIpc) is 2.27. The van der Waals surface area contributed by atoms with Crippen molar-refractivity contribution in [1.29, 1.82) is 0 Å². The highest BCUT2D eigenvalue weighted by molar-refractivity contribution is 5.55. The zero-order valence-corrected chi connectivity index (χ0v) is 9.87. The number of likely N-dealkylation sites (N-methyl/N-ethyl adjacent to an activating group) is 1. The van der Waals surface area contributed by atoms with E-state index >= 15 is 0 Å². The van der Waals surface area contributed by atoms with Crippen molar-refractivity contribution in [3.8, 4) is 0 Å². The molecular weight excluding hydrogens is 209 g/mol. The summed E-state index contributed by atoms with van der Waals surface area (Å²) >= 11 is 0. The van der Waals surface area contributed by atoms with Gasteiger partial charge in [-0.15, -0.1) is 0 Å². The van der Waals surface area contributed by atoms with Crippen molar-refractivity contribution in [3.63, 3.8) is 0 Å². The normalized spacial score (nSPS) is 11.6. The maximum absolute atomic E-state index is 13.5. The van der Waals surface area contributed by atoms with E-state index in [0.717, 1.165) is 0 Å². The summed E-state index contributed by atoms with van der Waals surface area (Å²) in [6.45, 7) is 3.29. The Morgan fingerprint density at radius 2 is 1.94 bits per heavy atom. The topological polar surface area (TPSA) is 43.7 Å². The third-order valence-corrected chi connectivity index (χ3v) is 2.91. The zero-order valence-electron chi connectivity index (χ0n) is 9.87. The van der Waals surface area contributed by atoms with E-state index in [-0.39, 0.29) is 18.8 Å². The van der Waals surface area contributed by atoms with Crippen molar-refractivity contribution in [2.45, 2.75) is 26.0 Å². The Morgan fingerprint density at radius 3 is 2.44 bits per heavy atom. The minimum absolute atomic E-state index is 0.0507. The zero-order chi connectivity index (χ0) is 12.3. The summed E-state index contributed by atoms with van der Waals surface area (Å²) in [5.74, 6) is -0.430. The van der Waals surface area contributed by atoms with Crippen LogP contribution in [0.4, 0.5) is 10.1 Å². The lowest BCUT2D eigenvalue weighted by atomic mass is 10.0. The van der Waals surface area contributed by atoms with E-state index in [9.17, 15) is 9.50 Å². The molecule has 0 aliphatic rings. The van der Waals surface area contributed by atoms with Gasteiger partial charge in [0.15, 0.2) is 0 Å². The van der Waals surface area contributed by atoms with Gasteiger partial charge in [-0.3, -0.25) is 0 Å². The number of aliphatic hydroxyl groups excluding tert-OH is 2. The summed E-state index contributed by atoms with van der Waals surface area (Å²) in [6.07, 6.45) is 0. The first-order valence-electron chi connectivity index (χ1n) is 5.17. The smallest absolute Gasteiger partial charge is 0.130 e. The van der Waals surface area contributed by atoms with E-state index in [2.05, 4.69) is 0 Å². The van der Waals surface area contributed by atoms with E-state index in [1.807, 2.05) is 13.8 Å². The van der Waals surface area contributed by atoms with E-state index in [4.69, 9.17) is 5.11 Å². The summed E-state index contributed by atoms with van der Waals surface area (Å²) in [5.41, 5.74) is 0.352. The van der Waals surface area contributed by atoms with Gasteiger partial charge in [0.25, 0.3) is 0 Å². The lowest BCUT2D eigenvalue weighted by Gasteiger charge is -2.37. The van der Waals surface area contributed by atoms with Crippen molar-refractivity contribution in [2.24, 2.45) is 0 Å². The molecule has 0 saturated heterocycles. The van der Waals surface area contributed by atoms with Crippen molar-refractivity contribution in [2.75, 3.05) is 18.6 Å². The number of anilines is 1. The summed E-state index contributed by atoms with van der Waals surface area (Å²) in [5, 5.41) is 18.4. The molecule has 16 heavy (non-hydrogen) atoms. The Morgan fingerprint density at radius 1 is 1.31 bits per heavy atom. The van der Waals surface area contributed by atoms with Crippen molar-refractivity contribution in [3.05, 3.63) is 29.6 Å². The second-order valence-electron chi connectivity index (χ2n) is 4.43. The highest BCUT2D eigenvalue weighted by Crippen LogP contribution is 2.27. The molecule has 4 heteroatoms. The molecule has 0 fully saturated rings. The van der Waals surface area contributed by atoms with Gasteiger partial charge >= 0.3 is 0 Å². The second kappa shape index (κ2) is 4.80. The van der Waals surface area contributed by atoms with Gasteiger partial charge in [-0.25, -0.2) is 4.39 Å². The number of hydrogen-bond acceptors (Lipinski definition) is 3. The minimum Gasteiger partial charge on any atom is -0.394 e. The van der Waals surface area contributed by atoms with E-state index in [0.29, 0.717) is 5.69 Å². The molecule has 0 aromatic heterocycles. The predicted molar refractivity (Wildman–Crippen MR) is 61.9 cm³/mol. The van der Waals surface area contributed by atoms with Crippen LogP contribution in [0.3, 0.4) is 0 Å². The fraction of sp³-hybridized carbons (Fsp3) is 0.500. The number of benzene rings is 1. The van der Waals surface area contributed by atoms with Crippen LogP contribution in [0.15, 0.2) is 18.2 Å². The van der Waals surface area contributed by atoms with Crippen LogP contribution in [0.2, 0.25) is 0 Å². The highest BCUT2D eigenvalue weighted by Gasteiger charge is 2.25. The molecule has 0 aliphatic carbocycles. The van der Waals surface area contributed by atoms with Gasteiger partial charge < -0.3 is 15.1 Å². The molecule has 2 N–H and O–H groups in total. The SMILES string of the molecule is CN(c1cccc(F)c1CO)C(C)(C)CO. The molecule has 0 aliphatic heterocycles. The Labute approximate surface area is 95.1 Å². The maximum Gasteiger partial charge on any atom is 0.130 e. The molecule has 0 bridgehead atoms. The van der Waals surface area contributed by atoms with Crippen LogP contribution in [0, 0.1) is 5.82 Å². The minimum atomic E-state index is -0.502. The molecule has 0 radical (unpaired) electrons. The van der Waals surface area contributed by atoms with Crippen LogP contribution < -0.4 is 4.90 Å². The van der Waals surface area contributed by atoms with Crippen molar-refractivity contribution >= 4 is 5.69 Å². The van der Waals surface area contributed by atoms with Crippen molar-refractivity contribution < 1.29 is 14.6 Å². The van der Waals surface area contributed by atoms with Gasteiger partial charge in [0.2, 0.25) is 0 Å². The van der Waals surface area contributed by atoms with E-state index in [1.165, 1.54) is 6.07 Å². The monoisotopic (exact) mass is 227 g/mol. The summed E-state index contributed by atoms with van der Waals surface area (Å²) in [7, 11) is 1.77. The molecule has 0 heterocycles. The third-order valence-electron chi connectivity index (χ3n) is 2.91. The van der Waals surface area contributed by atoms with Gasteiger partial charge in [-0.2, -0.15) is 0 Å². The Hall–Kier alpha value is -1.13. The standard InChI is InChI=1S/C12H18FNO2/c1-12(2,8-16)14(3)11-6-4-5-10(13)9(11)7-15/h4-6,15-16H,7-8H2,1-3H3. The lowest BCUT2D eigenvalue weighted by Crippen LogP contribution is -2.44. The molecule has 90 valence electrons. The maximum atomic E-state index is 13.5. The van der Waals surface area contributed by atoms with Crippen LogP contribution >= 0.6 is 0 Å². The van der Waals surface area contributed by atoms with E-state index < -0.39 is 11.4 Å². The first kappa shape index (κ1) is 12.9. The number of rotatable bonds is 4. The Bertz CT molecular complexity index is 366. The Balaban J connectivity index is 3.18. The lowest BCUT2D eigenvalue weighted by molar-refractivity contribution is 0.215. The summed E-state index contributed by atoms with van der Waals surface area (Å²) < 4.78 is 13.5. The fourth-order valence-corrected chi connectivity index (χ4v) is 1.45. The quantitative estimate of drug-likeness (QED) is 0.819. The molecular formula is C12H18FNO2. The van der Waals surface area contributed by atoms with Crippen molar-refractivity contribution in [1.82, 2.24) is 0 Å². The number of nitrogens with zero attached hydrogens (tertiary/aromatic N) is 1. The van der Waals surface area contributed by atoms with Gasteiger partial charge in [0.05, 0.1) is 18.8 Å². The Kier molecular flexibility index (Phi) is 3.88. The number of aliphatic hydroxyl groups is 2. The molecule has 3 nitrogen and oxygen atoms in total. The second-order valence-corrected chi connectivity index (χ2v) is 4.43. The first-order chi connectivity index (χ1) is 7.44.